The van der Waals surface area contributed by atoms with Crippen LogP contribution in [-0.2, 0) is 15.3 Å². The number of amides is 2. The summed E-state index contributed by atoms with van der Waals surface area (Å²) in [6, 6.07) is 8.37. The van der Waals surface area contributed by atoms with Crippen LogP contribution >= 0.6 is 23.1 Å². The Balaban J connectivity index is 1.64. The van der Waals surface area contributed by atoms with Crippen molar-refractivity contribution in [2.24, 2.45) is 5.73 Å². The fourth-order valence-corrected chi connectivity index (χ4v) is 4.06. The lowest BCUT2D eigenvalue weighted by Gasteiger charge is -2.14. The van der Waals surface area contributed by atoms with Crippen LogP contribution in [0.3, 0.4) is 0 Å². The number of nitrogens with zero attached hydrogens (tertiary/aromatic N) is 2. The molecule has 0 aliphatic heterocycles. The molecule has 3 N–H and O–H groups in total. The number of esters is 1. The second kappa shape index (κ2) is 9.55. The van der Waals surface area contributed by atoms with Crippen LogP contribution < -0.4 is 11.1 Å². The number of carbonyl (C=O) groups excluding carboxylic acids is 3. The van der Waals surface area contributed by atoms with Gasteiger partial charge in [0.25, 0.3) is 11.8 Å². The summed E-state index contributed by atoms with van der Waals surface area (Å²) >= 11 is 2.49. The Hall–Kier alpha value is -3.18. The first-order valence-corrected chi connectivity index (χ1v) is 10.6. The van der Waals surface area contributed by atoms with E-state index in [0.29, 0.717) is 32.9 Å². The Morgan fingerprint density at radius 1 is 1.27 bits per heavy atom. The van der Waals surface area contributed by atoms with Gasteiger partial charge in [0.15, 0.2) is 11.9 Å². The molecule has 3 aromatic rings. The number of hydrogen-bond acceptors (Lipinski definition) is 9. The molecule has 0 spiro atoms. The zero-order valence-corrected chi connectivity index (χ0v) is 17.7. The number of rotatable bonds is 8. The van der Waals surface area contributed by atoms with Crippen LogP contribution in [0.4, 0.5) is 5.00 Å². The van der Waals surface area contributed by atoms with Gasteiger partial charge in [-0.25, -0.2) is 4.79 Å². The van der Waals surface area contributed by atoms with E-state index in [1.54, 1.807) is 36.6 Å². The number of aromatic nitrogens is 2. The Morgan fingerprint density at radius 2 is 2.03 bits per heavy atom. The first-order chi connectivity index (χ1) is 14.3. The van der Waals surface area contributed by atoms with Crippen molar-refractivity contribution in [2.75, 3.05) is 5.32 Å². The number of primary amides is 1. The van der Waals surface area contributed by atoms with Crippen molar-refractivity contribution in [3.05, 3.63) is 58.6 Å². The van der Waals surface area contributed by atoms with E-state index < -0.39 is 23.9 Å². The van der Waals surface area contributed by atoms with Crippen LogP contribution in [0.1, 0.15) is 39.4 Å². The van der Waals surface area contributed by atoms with Crippen molar-refractivity contribution < 1.29 is 23.6 Å². The van der Waals surface area contributed by atoms with Gasteiger partial charge < -0.3 is 20.3 Å². The minimum atomic E-state index is -1.09. The molecule has 0 saturated heterocycles. The average molecular weight is 447 g/mol. The van der Waals surface area contributed by atoms with Gasteiger partial charge in [-0.1, -0.05) is 17.3 Å². The van der Waals surface area contributed by atoms with E-state index in [9.17, 15) is 14.4 Å². The predicted molar refractivity (Wildman–Crippen MR) is 111 cm³/mol. The summed E-state index contributed by atoms with van der Waals surface area (Å²) in [5, 5.41) is 8.23. The van der Waals surface area contributed by atoms with Crippen LogP contribution in [-0.4, -0.2) is 34.0 Å². The topological polar surface area (TPSA) is 137 Å². The molecule has 0 fully saturated rings. The van der Waals surface area contributed by atoms with Crippen molar-refractivity contribution >= 4 is 45.9 Å². The van der Waals surface area contributed by atoms with Crippen molar-refractivity contribution in [3.8, 4) is 0 Å². The monoisotopic (exact) mass is 446 g/mol. The highest BCUT2D eigenvalue weighted by atomic mass is 32.2. The maximum Gasteiger partial charge on any atom is 0.340 e. The van der Waals surface area contributed by atoms with Gasteiger partial charge >= 0.3 is 5.97 Å². The second-order valence-corrected chi connectivity index (χ2v) is 8.02. The number of thiophene rings is 1. The molecule has 0 aliphatic carbocycles. The fourth-order valence-electron chi connectivity index (χ4n) is 2.39. The van der Waals surface area contributed by atoms with E-state index in [0.717, 1.165) is 11.3 Å². The van der Waals surface area contributed by atoms with Gasteiger partial charge in [-0.15, -0.1) is 23.1 Å². The van der Waals surface area contributed by atoms with Gasteiger partial charge in [0.1, 0.15) is 5.00 Å². The Kier molecular flexibility index (Phi) is 6.85. The lowest BCUT2D eigenvalue weighted by Crippen LogP contribution is -2.30. The van der Waals surface area contributed by atoms with E-state index in [1.807, 2.05) is 0 Å². The smallest absolute Gasteiger partial charge is 0.340 e. The first kappa shape index (κ1) is 21.5. The summed E-state index contributed by atoms with van der Waals surface area (Å²) in [5.41, 5.74) is 5.78. The van der Waals surface area contributed by atoms with Crippen molar-refractivity contribution in [1.29, 1.82) is 0 Å². The zero-order valence-electron chi connectivity index (χ0n) is 16.1. The molecule has 0 radical (unpaired) electrons. The summed E-state index contributed by atoms with van der Waals surface area (Å²) in [6.07, 6.45) is -1.09. The van der Waals surface area contributed by atoms with Gasteiger partial charge in [-0.3, -0.25) is 9.59 Å². The van der Waals surface area contributed by atoms with Gasteiger partial charge in [-0.2, -0.15) is 4.98 Å². The quantitative estimate of drug-likeness (QED) is 0.398. The summed E-state index contributed by atoms with van der Waals surface area (Å²) in [4.78, 5) is 41.2. The molecule has 30 heavy (non-hydrogen) atoms. The molecule has 0 unspecified atom stereocenters. The SMILES string of the molecule is Cc1noc(CSc2ccccc2C(=O)O[C@H](C)C(=O)Nc2sccc2C(N)=O)n1. The highest BCUT2D eigenvalue weighted by molar-refractivity contribution is 7.98. The third kappa shape index (κ3) is 5.24. The Labute approximate surface area is 180 Å². The van der Waals surface area contributed by atoms with Crippen LogP contribution in [0.25, 0.3) is 0 Å². The molecule has 1 atom stereocenters. The van der Waals surface area contributed by atoms with Crippen molar-refractivity contribution in [3.63, 3.8) is 0 Å². The highest BCUT2D eigenvalue weighted by Gasteiger charge is 2.23. The molecule has 2 amide bonds. The molecule has 156 valence electrons. The summed E-state index contributed by atoms with van der Waals surface area (Å²) in [7, 11) is 0. The molecule has 0 aliphatic rings. The molecule has 9 nitrogen and oxygen atoms in total. The van der Waals surface area contributed by atoms with E-state index in [-0.39, 0.29) is 5.56 Å². The van der Waals surface area contributed by atoms with E-state index >= 15 is 0 Å². The summed E-state index contributed by atoms with van der Waals surface area (Å²) in [6.45, 7) is 3.17. The molecule has 0 saturated carbocycles. The van der Waals surface area contributed by atoms with Gasteiger partial charge in [0.05, 0.1) is 16.9 Å². The fraction of sp³-hybridized carbons (Fsp3) is 0.211. The summed E-state index contributed by atoms with van der Waals surface area (Å²) in [5.74, 6) is -0.518. The van der Waals surface area contributed by atoms with Crippen LogP contribution in [0.2, 0.25) is 0 Å². The van der Waals surface area contributed by atoms with Crippen LogP contribution in [0.15, 0.2) is 45.1 Å². The molecular formula is C19H18N4O5S2. The average Bonchev–Trinajstić information content (AvgIpc) is 3.35. The van der Waals surface area contributed by atoms with Gasteiger partial charge in [0.2, 0.25) is 5.89 Å². The number of hydrogen-bond donors (Lipinski definition) is 2. The number of nitrogens with two attached hydrogens (primary N) is 1. The zero-order chi connectivity index (χ0) is 21.7. The molecule has 2 aromatic heterocycles. The molecule has 0 bridgehead atoms. The second-order valence-electron chi connectivity index (χ2n) is 6.08. The van der Waals surface area contributed by atoms with Crippen molar-refractivity contribution in [1.82, 2.24) is 10.1 Å². The molecular weight excluding hydrogens is 428 g/mol. The maximum absolute atomic E-state index is 12.6. The number of benzene rings is 1. The minimum absolute atomic E-state index is 0.199. The number of ether oxygens (including phenoxy) is 1. The minimum Gasteiger partial charge on any atom is -0.449 e. The number of aryl methyl sites for hydroxylation is 1. The molecule has 11 heteroatoms. The Bertz CT molecular complexity index is 1080. The van der Waals surface area contributed by atoms with E-state index in [4.69, 9.17) is 15.0 Å². The van der Waals surface area contributed by atoms with Crippen LogP contribution in [0.5, 0.6) is 0 Å². The largest absolute Gasteiger partial charge is 0.449 e. The number of carbonyl (C=O) groups is 3. The van der Waals surface area contributed by atoms with E-state index in [1.165, 1.54) is 24.8 Å². The number of thioether (sulfide) groups is 1. The molecule has 1 aromatic carbocycles. The lowest BCUT2D eigenvalue weighted by atomic mass is 10.2. The highest BCUT2D eigenvalue weighted by Crippen LogP contribution is 2.27. The molecule has 3 rings (SSSR count). The first-order valence-electron chi connectivity index (χ1n) is 8.75. The van der Waals surface area contributed by atoms with E-state index in [2.05, 4.69) is 15.5 Å². The molecule has 2 heterocycles. The summed E-state index contributed by atoms with van der Waals surface area (Å²) < 4.78 is 10.4. The normalized spacial score (nSPS) is 11.7. The van der Waals surface area contributed by atoms with Crippen molar-refractivity contribution in [2.45, 2.75) is 30.6 Å². The standard InChI is InChI=1S/C19H18N4O5S2/c1-10(17(25)22-18-13(16(20)24)7-8-29-18)27-19(26)12-5-3-4-6-14(12)30-9-15-21-11(2)23-28-15/h3-8,10H,9H2,1-2H3,(H2,20,24)(H,22,25)/t10-/m1/s1. The van der Waals surface area contributed by atoms with Gasteiger partial charge in [0, 0.05) is 4.90 Å². The van der Waals surface area contributed by atoms with Crippen LogP contribution in [0, 0.1) is 6.92 Å². The third-order valence-corrected chi connectivity index (χ3v) is 5.74. The predicted octanol–water partition coefficient (Wildman–Crippen LogP) is 3.01. The maximum atomic E-state index is 12.6. The lowest BCUT2D eigenvalue weighted by molar-refractivity contribution is -0.123. The number of anilines is 1. The third-order valence-electron chi connectivity index (χ3n) is 3.85. The Morgan fingerprint density at radius 3 is 2.73 bits per heavy atom. The number of nitrogens with one attached hydrogen (secondary N) is 1. The van der Waals surface area contributed by atoms with Gasteiger partial charge in [-0.05, 0) is 37.4 Å².